The van der Waals surface area contributed by atoms with Crippen LogP contribution in [0.2, 0.25) is 5.02 Å². The Labute approximate surface area is 197 Å². The number of esters is 1. The number of hydrazone groups is 1. The van der Waals surface area contributed by atoms with Gasteiger partial charge in [0.15, 0.2) is 0 Å². The number of hydrogen-bond donors (Lipinski definition) is 1. The van der Waals surface area contributed by atoms with E-state index >= 15 is 0 Å². The van der Waals surface area contributed by atoms with Crippen molar-refractivity contribution in [2.24, 2.45) is 5.10 Å². The van der Waals surface area contributed by atoms with Crippen molar-refractivity contribution in [3.8, 4) is 5.75 Å². The molecule has 1 amide bonds. The number of nitrogens with one attached hydrogen (secondary N) is 1. The van der Waals surface area contributed by atoms with Crippen LogP contribution in [0.3, 0.4) is 0 Å². The molecular weight excluding hydrogens is 440 g/mol. The largest absolute Gasteiger partial charge is 0.453 e. The third kappa shape index (κ3) is 4.57. The van der Waals surface area contributed by atoms with Crippen molar-refractivity contribution in [1.82, 2.24) is 5.43 Å². The molecule has 4 rings (SSSR count). The summed E-state index contributed by atoms with van der Waals surface area (Å²) in [5.41, 5.74) is 7.86. The molecule has 0 spiro atoms. The third-order valence-corrected chi connectivity index (χ3v) is 6.41. The summed E-state index contributed by atoms with van der Waals surface area (Å²) in [7, 11) is 0. The summed E-state index contributed by atoms with van der Waals surface area (Å²) in [6, 6.07) is 10.8. The topological polar surface area (TPSA) is 80.9 Å². The number of aryl methyl sites for hydroxylation is 4. The lowest BCUT2D eigenvalue weighted by molar-refractivity contribution is 0.0698. The first-order valence-corrected chi connectivity index (χ1v) is 11.2. The molecule has 1 aliphatic carbocycles. The van der Waals surface area contributed by atoms with Gasteiger partial charge in [-0.3, -0.25) is 4.79 Å². The second kappa shape index (κ2) is 9.24. The van der Waals surface area contributed by atoms with Gasteiger partial charge in [0, 0.05) is 28.1 Å². The van der Waals surface area contributed by atoms with E-state index in [1.807, 2.05) is 39.0 Å². The van der Waals surface area contributed by atoms with E-state index in [9.17, 15) is 9.59 Å². The highest BCUT2D eigenvalue weighted by atomic mass is 35.5. The molecule has 0 radical (unpaired) electrons. The van der Waals surface area contributed by atoms with Crippen molar-refractivity contribution in [3.05, 3.63) is 86.3 Å². The van der Waals surface area contributed by atoms with Crippen LogP contribution < -0.4 is 10.2 Å². The van der Waals surface area contributed by atoms with Crippen molar-refractivity contribution in [1.29, 1.82) is 0 Å². The standard InChI is InChI=1S/C26H25ClN2O4/c1-14-8-5-6-9-19(14)25(30)29-28-20-10-7-11-21-22(20)17(4)24(33-21)26(31)32-18-12-15(2)23(27)16(3)13-18/h5-6,8-9,12-13H,7,10-11H2,1-4H3,(H,29,30)/b28-20+. The minimum atomic E-state index is -0.577. The lowest BCUT2D eigenvalue weighted by Gasteiger charge is -2.13. The van der Waals surface area contributed by atoms with E-state index < -0.39 is 5.97 Å². The molecule has 1 aliphatic rings. The Balaban J connectivity index is 1.58. The van der Waals surface area contributed by atoms with Crippen LogP contribution in [0.15, 0.2) is 45.9 Å². The molecule has 6 nitrogen and oxygen atoms in total. The maximum Gasteiger partial charge on any atom is 0.379 e. The van der Waals surface area contributed by atoms with Gasteiger partial charge in [-0.1, -0.05) is 29.8 Å². The lowest BCUT2D eigenvalue weighted by atomic mass is 9.93. The Morgan fingerprint density at radius 1 is 1.03 bits per heavy atom. The van der Waals surface area contributed by atoms with Gasteiger partial charge in [0.25, 0.3) is 5.91 Å². The van der Waals surface area contributed by atoms with E-state index in [1.165, 1.54) is 0 Å². The first-order valence-electron chi connectivity index (χ1n) is 10.8. The number of carbonyl (C=O) groups excluding carboxylic acids is 2. The molecule has 1 aromatic heterocycles. The number of amides is 1. The van der Waals surface area contributed by atoms with Crippen LogP contribution in [-0.2, 0) is 6.42 Å². The van der Waals surface area contributed by atoms with Gasteiger partial charge in [-0.05, 0) is 75.4 Å². The van der Waals surface area contributed by atoms with Crippen LogP contribution in [0, 0.1) is 27.7 Å². The van der Waals surface area contributed by atoms with Crippen LogP contribution in [0.4, 0.5) is 0 Å². The lowest BCUT2D eigenvalue weighted by Crippen LogP contribution is -2.22. The van der Waals surface area contributed by atoms with Gasteiger partial charge in [0.1, 0.15) is 11.5 Å². The highest BCUT2D eigenvalue weighted by Crippen LogP contribution is 2.31. The molecule has 0 bridgehead atoms. The number of carbonyl (C=O) groups is 2. The highest BCUT2D eigenvalue weighted by molar-refractivity contribution is 6.32. The predicted octanol–water partition coefficient (Wildman–Crippen LogP) is 5.86. The van der Waals surface area contributed by atoms with Gasteiger partial charge < -0.3 is 9.15 Å². The van der Waals surface area contributed by atoms with Crippen molar-refractivity contribution >= 4 is 29.2 Å². The van der Waals surface area contributed by atoms with Gasteiger partial charge in [-0.25, -0.2) is 10.2 Å². The van der Waals surface area contributed by atoms with Crippen LogP contribution in [-0.4, -0.2) is 17.6 Å². The van der Waals surface area contributed by atoms with Crippen molar-refractivity contribution < 1.29 is 18.7 Å². The van der Waals surface area contributed by atoms with Gasteiger partial charge in [0.05, 0.1) is 5.71 Å². The molecule has 2 aromatic carbocycles. The SMILES string of the molecule is Cc1ccccc1C(=O)N/N=C1\CCCc2oc(C(=O)Oc3cc(C)c(Cl)c(C)c3)c(C)c21. The van der Waals surface area contributed by atoms with E-state index in [-0.39, 0.29) is 11.7 Å². The summed E-state index contributed by atoms with van der Waals surface area (Å²) in [6.45, 7) is 7.40. The van der Waals surface area contributed by atoms with Gasteiger partial charge in [-0.2, -0.15) is 5.10 Å². The summed E-state index contributed by atoms with van der Waals surface area (Å²) in [4.78, 5) is 25.5. The van der Waals surface area contributed by atoms with Crippen LogP contribution >= 0.6 is 11.6 Å². The van der Waals surface area contributed by atoms with Gasteiger partial charge >= 0.3 is 5.97 Å². The summed E-state index contributed by atoms with van der Waals surface area (Å²) in [5, 5.41) is 5.03. The molecule has 0 saturated carbocycles. The fourth-order valence-corrected chi connectivity index (χ4v) is 4.21. The van der Waals surface area contributed by atoms with Gasteiger partial charge in [0.2, 0.25) is 5.76 Å². The normalized spacial score (nSPS) is 14.2. The summed E-state index contributed by atoms with van der Waals surface area (Å²) >= 11 is 6.21. The Hall–Kier alpha value is -3.38. The second-order valence-corrected chi connectivity index (χ2v) is 8.66. The summed E-state index contributed by atoms with van der Waals surface area (Å²) in [5.74, 6) is 0.379. The minimum absolute atomic E-state index is 0.144. The first-order chi connectivity index (χ1) is 15.8. The van der Waals surface area contributed by atoms with Crippen LogP contribution in [0.5, 0.6) is 5.75 Å². The van der Waals surface area contributed by atoms with Gasteiger partial charge in [-0.15, -0.1) is 0 Å². The highest BCUT2D eigenvalue weighted by Gasteiger charge is 2.29. The van der Waals surface area contributed by atoms with Crippen molar-refractivity contribution in [3.63, 3.8) is 0 Å². The smallest absolute Gasteiger partial charge is 0.379 e. The Bertz CT molecular complexity index is 1270. The van der Waals surface area contributed by atoms with Crippen LogP contribution in [0.25, 0.3) is 0 Å². The molecule has 7 heteroatoms. The Kier molecular flexibility index (Phi) is 6.38. The minimum Gasteiger partial charge on any atom is -0.453 e. The van der Waals surface area contributed by atoms with Crippen molar-refractivity contribution in [2.45, 2.75) is 47.0 Å². The molecule has 0 saturated heterocycles. The number of ether oxygens (including phenoxy) is 1. The Morgan fingerprint density at radius 3 is 2.42 bits per heavy atom. The molecule has 0 fully saturated rings. The average Bonchev–Trinajstić information content (AvgIpc) is 3.13. The molecular formula is C26H25ClN2O4. The zero-order valence-corrected chi connectivity index (χ0v) is 19.8. The number of halogens is 1. The zero-order valence-electron chi connectivity index (χ0n) is 19.0. The molecule has 3 aromatic rings. The second-order valence-electron chi connectivity index (χ2n) is 8.28. The monoisotopic (exact) mass is 464 g/mol. The van der Waals surface area contributed by atoms with Crippen molar-refractivity contribution in [2.75, 3.05) is 0 Å². The number of hydrogen-bond acceptors (Lipinski definition) is 5. The predicted molar refractivity (Wildman–Crippen MR) is 127 cm³/mol. The molecule has 0 aliphatic heterocycles. The zero-order chi connectivity index (χ0) is 23.7. The number of furan rings is 1. The average molecular weight is 465 g/mol. The number of benzene rings is 2. The van der Waals surface area contributed by atoms with E-state index in [2.05, 4.69) is 10.5 Å². The molecule has 0 atom stereocenters. The van der Waals surface area contributed by atoms with E-state index in [1.54, 1.807) is 25.1 Å². The number of fused-ring (bicyclic) bond motifs is 1. The maximum absolute atomic E-state index is 12.9. The molecule has 170 valence electrons. The maximum atomic E-state index is 12.9. The fraction of sp³-hybridized carbons (Fsp3) is 0.269. The summed E-state index contributed by atoms with van der Waals surface area (Å²) < 4.78 is 11.5. The quantitative estimate of drug-likeness (QED) is 0.298. The molecule has 1 N–H and O–H groups in total. The number of rotatable bonds is 4. The molecule has 33 heavy (non-hydrogen) atoms. The third-order valence-electron chi connectivity index (χ3n) is 5.81. The first kappa shape index (κ1) is 22.8. The van der Waals surface area contributed by atoms with E-state index in [0.717, 1.165) is 28.7 Å². The number of nitrogens with zero attached hydrogens (tertiary/aromatic N) is 1. The molecule has 0 unspecified atom stereocenters. The fourth-order valence-electron chi connectivity index (χ4n) is 4.10. The van der Waals surface area contributed by atoms with Crippen LogP contribution in [0.1, 0.15) is 67.3 Å². The Morgan fingerprint density at radius 2 is 1.73 bits per heavy atom. The summed E-state index contributed by atoms with van der Waals surface area (Å²) in [6.07, 6.45) is 2.17. The van der Waals surface area contributed by atoms with E-state index in [4.69, 9.17) is 20.8 Å². The van der Waals surface area contributed by atoms with E-state index in [0.29, 0.717) is 46.2 Å². The molecule has 1 heterocycles.